The van der Waals surface area contributed by atoms with Gasteiger partial charge in [-0.25, -0.2) is 0 Å². The SMILES string of the molecule is CC(=O)CCCCC[C@H](NC(=O)C1COc2ccccc2O1)C(=O)NCCc1c(-c2ccccc2)[nH]c2ccccc12. The Morgan fingerprint density at radius 2 is 1.64 bits per heavy atom. The first-order valence-corrected chi connectivity index (χ1v) is 14.6. The fourth-order valence-corrected chi connectivity index (χ4v) is 5.33. The number of aromatic nitrogens is 1. The van der Waals surface area contributed by atoms with E-state index in [0.717, 1.165) is 40.6 Å². The zero-order chi connectivity index (χ0) is 29.3. The number of ketones is 1. The van der Waals surface area contributed by atoms with Gasteiger partial charge in [-0.3, -0.25) is 9.59 Å². The number of Topliss-reactive ketones (excluding diaryl/α,β-unsaturated/α-hetero) is 1. The molecule has 0 saturated carbocycles. The number of hydrogen-bond donors (Lipinski definition) is 3. The van der Waals surface area contributed by atoms with Gasteiger partial charge in [0.1, 0.15) is 18.4 Å². The molecule has 8 nitrogen and oxygen atoms in total. The largest absolute Gasteiger partial charge is 0.485 e. The Kier molecular flexibility index (Phi) is 9.54. The third kappa shape index (κ3) is 7.18. The molecule has 42 heavy (non-hydrogen) atoms. The molecule has 2 amide bonds. The lowest BCUT2D eigenvalue weighted by molar-refractivity contribution is -0.135. The Bertz CT molecular complexity index is 1530. The summed E-state index contributed by atoms with van der Waals surface area (Å²) in [7, 11) is 0. The smallest absolute Gasteiger partial charge is 0.265 e. The molecule has 0 aliphatic carbocycles. The van der Waals surface area contributed by atoms with Crippen molar-refractivity contribution in [1.29, 1.82) is 0 Å². The molecule has 0 bridgehead atoms. The van der Waals surface area contributed by atoms with Crippen LogP contribution in [0.5, 0.6) is 11.5 Å². The predicted octanol–water partition coefficient (Wildman–Crippen LogP) is 5.36. The number of unbranched alkanes of at least 4 members (excludes halogenated alkanes) is 2. The topological polar surface area (TPSA) is 110 Å². The second-order valence-corrected chi connectivity index (χ2v) is 10.7. The normalized spacial score (nSPS) is 14.7. The number of rotatable bonds is 13. The molecule has 1 aliphatic heterocycles. The molecular formula is C34H37N3O5. The molecule has 0 fully saturated rings. The molecule has 0 saturated heterocycles. The van der Waals surface area contributed by atoms with E-state index < -0.39 is 18.1 Å². The maximum atomic E-state index is 13.4. The van der Waals surface area contributed by atoms with E-state index in [-0.39, 0.29) is 18.3 Å². The molecule has 2 heterocycles. The molecule has 1 unspecified atom stereocenters. The molecule has 218 valence electrons. The maximum Gasteiger partial charge on any atom is 0.265 e. The van der Waals surface area contributed by atoms with Crippen LogP contribution >= 0.6 is 0 Å². The fourth-order valence-electron chi connectivity index (χ4n) is 5.33. The average Bonchev–Trinajstić information content (AvgIpc) is 3.38. The first-order chi connectivity index (χ1) is 20.5. The van der Waals surface area contributed by atoms with Crippen LogP contribution in [0.3, 0.4) is 0 Å². The molecule has 8 heteroatoms. The van der Waals surface area contributed by atoms with Gasteiger partial charge in [-0.15, -0.1) is 0 Å². The third-order valence-electron chi connectivity index (χ3n) is 7.51. The van der Waals surface area contributed by atoms with Crippen LogP contribution in [0.2, 0.25) is 0 Å². The quantitative estimate of drug-likeness (QED) is 0.189. The van der Waals surface area contributed by atoms with Crippen molar-refractivity contribution in [3.63, 3.8) is 0 Å². The van der Waals surface area contributed by atoms with Crippen LogP contribution in [-0.4, -0.2) is 47.9 Å². The summed E-state index contributed by atoms with van der Waals surface area (Å²) in [5.74, 6) is 0.611. The summed E-state index contributed by atoms with van der Waals surface area (Å²) >= 11 is 0. The minimum Gasteiger partial charge on any atom is -0.485 e. The zero-order valence-corrected chi connectivity index (χ0v) is 23.9. The molecule has 4 aromatic rings. The van der Waals surface area contributed by atoms with Crippen molar-refractivity contribution in [2.45, 2.75) is 57.6 Å². The number of amides is 2. The molecule has 0 radical (unpaired) electrons. The van der Waals surface area contributed by atoms with Crippen molar-refractivity contribution in [3.05, 3.63) is 84.4 Å². The van der Waals surface area contributed by atoms with Gasteiger partial charge in [0.15, 0.2) is 11.5 Å². The van der Waals surface area contributed by atoms with Crippen LogP contribution in [-0.2, 0) is 20.8 Å². The number of hydrogen-bond acceptors (Lipinski definition) is 5. The van der Waals surface area contributed by atoms with Crippen molar-refractivity contribution in [3.8, 4) is 22.8 Å². The van der Waals surface area contributed by atoms with Gasteiger partial charge in [0.25, 0.3) is 5.91 Å². The molecule has 2 atom stereocenters. The zero-order valence-electron chi connectivity index (χ0n) is 23.9. The number of carbonyl (C=O) groups is 3. The van der Waals surface area contributed by atoms with Gasteiger partial charge in [-0.1, -0.05) is 73.5 Å². The second-order valence-electron chi connectivity index (χ2n) is 10.7. The number of fused-ring (bicyclic) bond motifs is 2. The predicted molar refractivity (Wildman–Crippen MR) is 162 cm³/mol. The van der Waals surface area contributed by atoms with Crippen LogP contribution in [0.15, 0.2) is 78.9 Å². The minimum atomic E-state index is -0.854. The second kappa shape index (κ2) is 13.9. The summed E-state index contributed by atoms with van der Waals surface area (Å²) in [5, 5.41) is 7.07. The summed E-state index contributed by atoms with van der Waals surface area (Å²) in [6.45, 7) is 2.06. The first kappa shape index (κ1) is 28.9. The Balaban J connectivity index is 1.24. The van der Waals surface area contributed by atoms with Gasteiger partial charge in [0.2, 0.25) is 12.0 Å². The van der Waals surface area contributed by atoms with E-state index in [9.17, 15) is 14.4 Å². The van der Waals surface area contributed by atoms with Crippen LogP contribution in [0.4, 0.5) is 0 Å². The Morgan fingerprint density at radius 3 is 2.45 bits per heavy atom. The van der Waals surface area contributed by atoms with Crippen molar-refractivity contribution < 1.29 is 23.9 Å². The Labute approximate surface area is 245 Å². The van der Waals surface area contributed by atoms with Gasteiger partial charge in [-0.05, 0) is 55.5 Å². The highest BCUT2D eigenvalue weighted by atomic mass is 16.6. The number of H-pyrrole nitrogens is 1. The molecule has 5 rings (SSSR count). The Morgan fingerprint density at radius 1 is 0.905 bits per heavy atom. The fraction of sp³-hybridized carbons (Fsp3) is 0.324. The lowest BCUT2D eigenvalue weighted by atomic mass is 10.0. The summed E-state index contributed by atoms with van der Waals surface area (Å²) in [6, 6.07) is 24.8. The number of nitrogens with one attached hydrogen (secondary N) is 3. The van der Waals surface area contributed by atoms with Gasteiger partial charge >= 0.3 is 0 Å². The average molecular weight is 568 g/mol. The number of para-hydroxylation sites is 3. The summed E-state index contributed by atoms with van der Waals surface area (Å²) < 4.78 is 11.6. The monoisotopic (exact) mass is 567 g/mol. The van der Waals surface area contributed by atoms with Crippen molar-refractivity contribution >= 4 is 28.5 Å². The summed E-state index contributed by atoms with van der Waals surface area (Å²) in [6.07, 6.45) is 3.01. The number of ether oxygens (including phenoxy) is 2. The third-order valence-corrected chi connectivity index (χ3v) is 7.51. The minimum absolute atomic E-state index is 0.0681. The molecule has 1 aromatic heterocycles. The van der Waals surface area contributed by atoms with Crippen LogP contribution in [0.1, 0.15) is 44.6 Å². The van der Waals surface area contributed by atoms with Gasteiger partial charge in [0, 0.05) is 29.6 Å². The molecular weight excluding hydrogens is 530 g/mol. The first-order valence-electron chi connectivity index (χ1n) is 14.6. The highest BCUT2D eigenvalue weighted by Gasteiger charge is 2.30. The lowest BCUT2D eigenvalue weighted by Crippen LogP contribution is -2.52. The summed E-state index contributed by atoms with van der Waals surface area (Å²) in [4.78, 5) is 41.4. The van der Waals surface area contributed by atoms with Crippen molar-refractivity contribution in [1.82, 2.24) is 15.6 Å². The highest BCUT2D eigenvalue weighted by molar-refractivity contribution is 5.91. The van der Waals surface area contributed by atoms with E-state index in [1.807, 2.05) is 42.5 Å². The molecule has 0 spiro atoms. The lowest BCUT2D eigenvalue weighted by Gasteiger charge is -2.27. The number of carbonyl (C=O) groups excluding carboxylic acids is 3. The van der Waals surface area contributed by atoms with E-state index in [2.05, 4.69) is 39.9 Å². The van der Waals surface area contributed by atoms with Crippen LogP contribution in [0.25, 0.3) is 22.2 Å². The van der Waals surface area contributed by atoms with Crippen molar-refractivity contribution in [2.75, 3.05) is 13.2 Å². The van der Waals surface area contributed by atoms with E-state index in [4.69, 9.17) is 9.47 Å². The van der Waals surface area contributed by atoms with Gasteiger partial charge in [-0.2, -0.15) is 0 Å². The Hall–Kier alpha value is -4.59. The standard InChI is InChI=1S/C34H37N3O5/c1-23(38)12-4-2-7-17-28(37-34(40)31-22-41-29-18-10-11-19-30(29)42-31)33(39)35-21-20-26-25-15-8-9-16-27(25)36-32(26)24-13-5-3-6-14-24/h3,5-6,8-11,13-16,18-19,28,31,36H,2,4,7,12,17,20-22H2,1H3,(H,35,39)(H,37,40)/t28-,31?/m0/s1. The van der Waals surface area contributed by atoms with E-state index in [1.54, 1.807) is 19.1 Å². The van der Waals surface area contributed by atoms with Gasteiger partial charge in [0.05, 0.1) is 0 Å². The molecule has 1 aliphatic rings. The summed E-state index contributed by atoms with van der Waals surface area (Å²) in [5.41, 5.74) is 4.30. The highest BCUT2D eigenvalue weighted by Crippen LogP contribution is 2.32. The number of aromatic amines is 1. The van der Waals surface area contributed by atoms with Crippen LogP contribution in [0, 0.1) is 0 Å². The maximum absolute atomic E-state index is 13.4. The van der Waals surface area contributed by atoms with E-state index >= 15 is 0 Å². The number of benzene rings is 3. The van der Waals surface area contributed by atoms with E-state index in [0.29, 0.717) is 43.7 Å². The van der Waals surface area contributed by atoms with E-state index in [1.165, 1.54) is 0 Å². The van der Waals surface area contributed by atoms with Crippen LogP contribution < -0.4 is 20.1 Å². The molecule has 3 aromatic carbocycles. The van der Waals surface area contributed by atoms with Crippen molar-refractivity contribution in [2.24, 2.45) is 0 Å². The molecule has 3 N–H and O–H groups in total. The van der Waals surface area contributed by atoms with Gasteiger partial charge < -0.3 is 29.9 Å².